The van der Waals surface area contributed by atoms with Gasteiger partial charge in [-0.1, -0.05) is 6.58 Å². The molecular weight excluding hydrogens is 212 g/mol. The Labute approximate surface area is 94.2 Å². The molecule has 0 radical (unpaired) electrons. The Kier molecular flexibility index (Phi) is 4.68. The highest BCUT2D eigenvalue weighted by atomic mass is 32.2. The SMILES string of the molecule is C=C1CN(C(=O)CSCC=N)C[C@@H](C)O1. The third kappa shape index (κ3) is 3.95. The molecule has 0 unspecified atom stereocenters. The van der Waals surface area contributed by atoms with Gasteiger partial charge in [-0.05, 0) is 6.92 Å². The monoisotopic (exact) mass is 228 g/mol. The number of rotatable bonds is 4. The predicted molar refractivity (Wildman–Crippen MR) is 62.4 cm³/mol. The zero-order valence-corrected chi connectivity index (χ0v) is 9.68. The third-order valence-electron chi connectivity index (χ3n) is 1.99. The van der Waals surface area contributed by atoms with Gasteiger partial charge in [0.15, 0.2) is 0 Å². The number of amides is 1. The van der Waals surface area contributed by atoms with Gasteiger partial charge < -0.3 is 15.0 Å². The van der Waals surface area contributed by atoms with Crippen molar-refractivity contribution in [3.8, 4) is 0 Å². The first-order valence-electron chi connectivity index (χ1n) is 4.82. The number of thioether (sulfide) groups is 1. The van der Waals surface area contributed by atoms with Gasteiger partial charge in [-0.3, -0.25) is 4.79 Å². The highest BCUT2D eigenvalue weighted by molar-refractivity contribution is 8.00. The largest absolute Gasteiger partial charge is 0.492 e. The second-order valence-corrected chi connectivity index (χ2v) is 4.49. The van der Waals surface area contributed by atoms with Crippen LogP contribution in [0.25, 0.3) is 0 Å². The molecule has 0 aromatic heterocycles. The van der Waals surface area contributed by atoms with Crippen LogP contribution in [0.4, 0.5) is 0 Å². The van der Waals surface area contributed by atoms with Gasteiger partial charge >= 0.3 is 0 Å². The number of hydrogen-bond acceptors (Lipinski definition) is 4. The van der Waals surface area contributed by atoms with Crippen molar-refractivity contribution in [3.05, 3.63) is 12.3 Å². The predicted octanol–water partition coefficient (Wildman–Crippen LogP) is 1.13. The summed E-state index contributed by atoms with van der Waals surface area (Å²) in [6.07, 6.45) is 1.33. The molecule has 1 amide bonds. The molecule has 0 aliphatic carbocycles. The van der Waals surface area contributed by atoms with E-state index >= 15 is 0 Å². The third-order valence-corrected chi connectivity index (χ3v) is 2.85. The van der Waals surface area contributed by atoms with Gasteiger partial charge in [0.05, 0.1) is 18.8 Å². The van der Waals surface area contributed by atoms with Crippen LogP contribution in [0, 0.1) is 5.41 Å². The summed E-state index contributed by atoms with van der Waals surface area (Å²) in [5.74, 6) is 1.76. The average Bonchev–Trinajstić information content (AvgIpc) is 2.16. The quantitative estimate of drug-likeness (QED) is 0.579. The van der Waals surface area contributed by atoms with E-state index in [1.54, 1.807) is 4.90 Å². The minimum absolute atomic E-state index is 0.0305. The molecule has 0 aromatic rings. The van der Waals surface area contributed by atoms with Crippen molar-refractivity contribution in [1.29, 1.82) is 5.41 Å². The summed E-state index contributed by atoms with van der Waals surface area (Å²) < 4.78 is 5.36. The number of carbonyl (C=O) groups is 1. The molecule has 15 heavy (non-hydrogen) atoms. The summed E-state index contributed by atoms with van der Waals surface area (Å²) in [5, 5.41) is 6.85. The molecule has 0 spiro atoms. The minimum Gasteiger partial charge on any atom is -0.492 e. The standard InChI is InChI=1S/C10H16N2O2S/c1-8-5-12(6-9(2)14-8)10(13)7-15-4-3-11/h3,9,11H,1,4-7H2,2H3/t9-/m1/s1. The molecule has 1 aliphatic rings. The lowest BCUT2D eigenvalue weighted by Crippen LogP contribution is -2.44. The summed E-state index contributed by atoms with van der Waals surface area (Å²) in [6, 6.07) is 0. The van der Waals surface area contributed by atoms with E-state index in [1.165, 1.54) is 18.0 Å². The van der Waals surface area contributed by atoms with Crippen LogP contribution < -0.4 is 0 Å². The first kappa shape index (κ1) is 12.1. The molecule has 84 valence electrons. The molecule has 0 bridgehead atoms. The molecule has 1 heterocycles. The van der Waals surface area contributed by atoms with Crippen LogP contribution in [0.3, 0.4) is 0 Å². The lowest BCUT2D eigenvalue weighted by molar-refractivity contribution is -0.132. The Morgan fingerprint density at radius 2 is 2.60 bits per heavy atom. The van der Waals surface area contributed by atoms with Crippen LogP contribution in [-0.2, 0) is 9.53 Å². The normalized spacial score (nSPS) is 21.0. The second kappa shape index (κ2) is 5.80. The van der Waals surface area contributed by atoms with Crippen molar-refractivity contribution in [2.75, 3.05) is 24.6 Å². The topological polar surface area (TPSA) is 53.4 Å². The van der Waals surface area contributed by atoms with Crippen molar-refractivity contribution in [2.24, 2.45) is 0 Å². The van der Waals surface area contributed by atoms with Gasteiger partial charge in [0.1, 0.15) is 11.9 Å². The molecule has 0 saturated carbocycles. The highest BCUT2D eigenvalue weighted by Crippen LogP contribution is 2.13. The molecule has 1 aliphatic heterocycles. The first-order chi connectivity index (χ1) is 7.13. The van der Waals surface area contributed by atoms with Gasteiger partial charge in [0.2, 0.25) is 5.91 Å². The first-order valence-corrected chi connectivity index (χ1v) is 5.98. The highest BCUT2D eigenvalue weighted by Gasteiger charge is 2.23. The lowest BCUT2D eigenvalue weighted by Gasteiger charge is -2.32. The Balaban J connectivity index is 2.37. The van der Waals surface area contributed by atoms with Gasteiger partial charge in [0.25, 0.3) is 0 Å². The molecule has 1 fully saturated rings. The van der Waals surface area contributed by atoms with Crippen LogP contribution >= 0.6 is 11.8 Å². The van der Waals surface area contributed by atoms with E-state index in [9.17, 15) is 4.79 Å². The van der Waals surface area contributed by atoms with Crippen molar-refractivity contribution in [3.63, 3.8) is 0 Å². The number of nitrogens with zero attached hydrogens (tertiary/aromatic N) is 1. The molecule has 4 nitrogen and oxygen atoms in total. The van der Waals surface area contributed by atoms with E-state index in [4.69, 9.17) is 10.1 Å². The Hall–Kier alpha value is -0.970. The smallest absolute Gasteiger partial charge is 0.233 e. The van der Waals surface area contributed by atoms with Gasteiger partial charge in [-0.15, -0.1) is 11.8 Å². The maximum absolute atomic E-state index is 11.7. The van der Waals surface area contributed by atoms with E-state index in [2.05, 4.69) is 6.58 Å². The summed E-state index contributed by atoms with van der Waals surface area (Å²) >= 11 is 1.45. The zero-order valence-electron chi connectivity index (χ0n) is 8.86. The van der Waals surface area contributed by atoms with Crippen molar-refractivity contribution < 1.29 is 9.53 Å². The van der Waals surface area contributed by atoms with Gasteiger partial charge in [-0.25, -0.2) is 0 Å². The van der Waals surface area contributed by atoms with E-state index in [0.717, 1.165) is 0 Å². The molecule has 1 rings (SSSR count). The number of ether oxygens (including phenoxy) is 1. The second-order valence-electron chi connectivity index (χ2n) is 3.46. The molecule has 1 N–H and O–H groups in total. The fourth-order valence-corrected chi connectivity index (χ4v) is 2.03. The van der Waals surface area contributed by atoms with Crippen LogP contribution in [0.5, 0.6) is 0 Å². The van der Waals surface area contributed by atoms with Crippen LogP contribution in [0.15, 0.2) is 12.3 Å². The summed E-state index contributed by atoms with van der Waals surface area (Å²) in [5.41, 5.74) is 0. The van der Waals surface area contributed by atoms with Crippen molar-refractivity contribution >= 4 is 23.9 Å². The molecule has 1 saturated heterocycles. The van der Waals surface area contributed by atoms with Crippen LogP contribution in [0.2, 0.25) is 0 Å². The fraction of sp³-hybridized carbons (Fsp3) is 0.600. The van der Waals surface area contributed by atoms with E-state index in [-0.39, 0.29) is 12.0 Å². The molecule has 0 aromatic carbocycles. The number of morpholine rings is 1. The maximum Gasteiger partial charge on any atom is 0.233 e. The lowest BCUT2D eigenvalue weighted by atomic mass is 10.3. The zero-order chi connectivity index (χ0) is 11.3. The van der Waals surface area contributed by atoms with Gasteiger partial charge in [-0.2, -0.15) is 0 Å². The Bertz CT molecular complexity index is 268. The number of nitrogens with one attached hydrogen (secondary N) is 1. The van der Waals surface area contributed by atoms with E-state index in [1.807, 2.05) is 6.92 Å². The van der Waals surface area contributed by atoms with Crippen LogP contribution in [0.1, 0.15) is 6.92 Å². The molecular formula is C10H16N2O2S. The van der Waals surface area contributed by atoms with Gasteiger partial charge in [0, 0.05) is 12.0 Å². The average molecular weight is 228 g/mol. The summed E-state index contributed by atoms with van der Waals surface area (Å²) in [4.78, 5) is 13.5. The van der Waals surface area contributed by atoms with Crippen molar-refractivity contribution in [1.82, 2.24) is 4.90 Å². The molecule has 5 heteroatoms. The van der Waals surface area contributed by atoms with E-state index < -0.39 is 0 Å². The number of hydrogen-bond donors (Lipinski definition) is 1. The number of carbonyl (C=O) groups excluding carboxylic acids is 1. The summed E-state index contributed by atoms with van der Waals surface area (Å²) in [6.45, 7) is 6.78. The Morgan fingerprint density at radius 3 is 3.20 bits per heavy atom. The fourth-order valence-electron chi connectivity index (χ4n) is 1.43. The molecule has 1 atom stereocenters. The van der Waals surface area contributed by atoms with Crippen molar-refractivity contribution in [2.45, 2.75) is 13.0 Å². The Morgan fingerprint density at radius 1 is 1.87 bits per heavy atom. The maximum atomic E-state index is 11.7. The van der Waals surface area contributed by atoms with E-state index in [0.29, 0.717) is 30.4 Å². The minimum atomic E-state index is 0.0305. The summed E-state index contributed by atoms with van der Waals surface area (Å²) in [7, 11) is 0. The van der Waals surface area contributed by atoms with Crippen LogP contribution in [-0.4, -0.2) is 47.7 Å².